The van der Waals surface area contributed by atoms with Crippen molar-refractivity contribution in [3.63, 3.8) is 0 Å². The highest BCUT2D eigenvalue weighted by atomic mass is 16.4. The van der Waals surface area contributed by atoms with E-state index in [0.717, 1.165) is 6.92 Å². The summed E-state index contributed by atoms with van der Waals surface area (Å²) in [5.74, 6) is -13.0. The molecule has 8 atom stereocenters. The topological polar surface area (TPSA) is 391 Å². The van der Waals surface area contributed by atoms with Crippen molar-refractivity contribution in [2.75, 3.05) is 19.8 Å². The van der Waals surface area contributed by atoms with Gasteiger partial charge < -0.3 is 68.7 Å². The Morgan fingerprint density at radius 2 is 0.683 bits per heavy atom. The second kappa shape index (κ2) is 28.0. The van der Waals surface area contributed by atoms with Gasteiger partial charge in [-0.1, -0.05) is 55.4 Å². The van der Waals surface area contributed by atoms with Crippen LogP contribution in [0.4, 0.5) is 0 Å². The lowest BCUT2D eigenvalue weighted by molar-refractivity contribution is -0.139. The Kier molecular flexibility index (Phi) is 25.5. The first-order valence-electron chi connectivity index (χ1n) is 20.5. The van der Waals surface area contributed by atoms with Crippen molar-refractivity contribution in [3.8, 4) is 0 Å². The zero-order chi connectivity index (χ0) is 48.9. The lowest BCUT2D eigenvalue weighted by atomic mass is 9.98. The molecule has 0 saturated heterocycles. The number of aliphatic carboxylic acids is 2. The molecule has 0 unspecified atom stereocenters. The molecule has 0 aliphatic heterocycles. The number of rotatable bonds is 29. The summed E-state index contributed by atoms with van der Waals surface area (Å²) in [5.41, 5.74) is 5.47. The maximum Gasteiger partial charge on any atom is 0.303 e. The highest BCUT2D eigenvalue weighted by molar-refractivity contribution is 5.98. The van der Waals surface area contributed by atoms with Crippen molar-refractivity contribution in [3.05, 3.63) is 0 Å². The van der Waals surface area contributed by atoms with Crippen LogP contribution in [0.15, 0.2) is 0 Å². The molecule has 24 heteroatoms. The average Bonchev–Trinajstić information content (AvgIpc) is 3.19. The number of amides is 8. The van der Waals surface area contributed by atoms with Crippen LogP contribution in [-0.4, -0.2) is 153 Å². The molecule has 0 saturated carbocycles. The minimum Gasteiger partial charge on any atom is -0.481 e. The van der Waals surface area contributed by atoms with Crippen molar-refractivity contribution in [2.24, 2.45) is 29.4 Å². The van der Waals surface area contributed by atoms with Crippen LogP contribution in [0, 0.1) is 23.7 Å². The number of hydrogen-bond acceptors (Lipinski definition) is 14. The molecule has 0 fully saturated rings. The number of carboxylic acid groups (broad SMARTS) is 2. The third-order valence-corrected chi connectivity index (χ3v) is 9.51. The Morgan fingerprint density at radius 3 is 0.937 bits per heavy atom. The fourth-order valence-electron chi connectivity index (χ4n) is 5.86. The van der Waals surface area contributed by atoms with Gasteiger partial charge in [0.1, 0.15) is 42.3 Å². The second-order valence-electron chi connectivity index (χ2n) is 16.3. The van der Waals surface area contributed by atoms with Crippen LogP contribution in [0.5, 0.6) is 0 Å². The largest absolute Gasteiger partial charge is 0.481 e. The minimum atomic E-state index is -1.73. The molecule has 0 aliphatic carbocycles. The number of hydrogen-bond donors (Lipinski definition) is 13. The smallest absolute Gasteiger partial charge is 0.303 e. The van der Waals surface area contributed by atoms with Gasteiger partial charge in [0.2, 0.25) is 47.3 Å². The zero-order valence-corrected chi connectivity index (χ0v) is 37.2. The number of carboxylic acids is 2. The van der Waals surface area contributed by atoms with Gasteiger partial charge in [0.15, 0.2) is 5.78 Å². The Hall–Kier alpha value is -5.75. The Labute approximate surface area is 365 Å². The summed E-state index contributed by atoms with van der Waals surface area (Å²) < 4.78 is 0. The molecular formula is C39H67N9O15. The van der Waals surface area contributed by atoms with Crippen molar-refractivity contribution in [1.29, 1.82) is 0 Å². The van der Waals surface area contributed by atoms with E-state index in [1.54, 1.807) is 27.7 Å². The van der Waals surface area contributed by atoms with E-state index in [-0.39, 0.29) is 0 Å². The van der Waals surface area contributed by atoms with Crippen molar-refractivity contribution in [2.45, 2.75) is 136 Å². The van der Waals surface area contributed by atoms with Gasteiger partial charge >= 0.3 is 11.9 Å². The highest BCUT2D eigenvalue weighted by Gasteiger charge is 2.36. The average molecular weight is 902 g/mol. The first-order valence-corrected chi connectivity index (χ1v) is 20.5. The summed E-state index contributed by atoms with van der Waals surface area (Å²) in [6.45, 7) is 11.3. The van der Waals surface area contributed by atoms with E-state index < -0.39 is 182 Å². The number of nitrogens with two attached hydrogens (primary N) is 1. The molecule has 0 aromatic heterocycles. The first-order chi connectivity index (χ1) is 29.2. The van der Waals surface area contributed by atoms with E-state index in [2.05, 4.69) is 42.5 Å². The van der Waals surface area contributed by atoms with Crippen LogP contribution in [-0.2, 0) is 52.7 Å². The van der Waals surface area contributed by atoms with Crippen LogP contribution in [0.25, 0.3) is 0 Å². The minimum absolute atomic E-state index is 0.396. The quantitative estimate of drug-likeness (QED) is 0.0338. The third-order valence-electron chi connectivity index (χ3n) is 9.51. The summed E-state index contributed by atoms with van der Waals surface area (Å²) in [6, 6.07) is -11.5. The molecule has 0 aliphatic rings. The summed E-state index contributed by atoms with van der Waals surface area (Å²) in [7, 11) is 0. The van der Waals surface area contributed by atoms with E-state index in [4.69, 9.17) is 5.73 Å². The van der Waals surface area contributed by atoms with E-state index in [9.17, 15) is 73.2 Å². The van der Waals surface area contributed by atoms with Gasteiger partial charge in [-0.25, -0.2) is 0 Å². The Balaban J connectivity index is 6.27. The second-order valence-corrected chi connectivity index (χ2v) is 16.3. The van der Waals surface area contributed by atoms with Crippen molar-refractivity contribution in [1.82, 2.24) is 42.5 Å². The molecule has 8 amide bonds. The van der Waals surface area contributed by atoms with Crippen LogP contribution in [0.2, 0.25) is 0 Å². The monoisotopic (exact) mass is 901 g/mol. The van der Waals surface area contributed by atoms with Crippen LogP contribution in [0.3, 0.4) is 0 Å². The van der Waals surface area contributed by atoms with Crippen molar-refractivity contribution >= 4 is 65.0 Å². The first kappa shape index (κ1) is 57.2. The molecule has 0 aromatic carbocycles. The van der Waals surface area contributed by atoms with Gasteiger partial charge in [-0.3, -0.25) is 52.7 Å². The fourth-order valence-corrected chi connectivity index (χ4v) is 5.86. The summed E-state index contributed by atoms with van der Waals surface area (Å²) >= 11 is 0. The van der Waals surface area contributed by atoms with Crippen molar-refractivity contribution < 1.29 is 73.2 Å². The van der Waals surface area contributed by atoms with Gasteiger partial charge in [-0.2, -0.15) is 0 Å². The van der Waals surface area contributed by atoms with Gasteiger partial charge in [-0.15, -0.1) is 0 Å². The molecule has 0 aromatic rings. The SMILES string of the molecule is CC(=O)N[C@@H](CO)C(=O)N[C@H](C(=O)N[C@@H](CCC(=O)O)C(=O)N[C@H](C(=O)N[C@@H](CO)C(=O)N[C@H](C(=O)N[C@@H](CCC(=O)O)C(=O)N[C@H](C(=O)CN)C(C)C)C(C)C)C(C)C)C(C)C. The Bertz CT molecular complexity index is 1640. The zero-order valence-electron chi connectivity index (χ0n) is 37.2. The van der Waals surface area contributed by atoms with Gasteiger partial charge in [0.05, 0.1) is 25.8 Å². The molecule has 0 bridgehead atoms. The number of ketones is 1. The maximum atomic E-state index is 13.6. The van der Waals surface area contributed by atoms with E-state index in [1.165, 1.54) is 27.7 Å². The Morgan fingerprint density at radius 1 is 0.413 bits per heavy atom. The highest BCUT2D eigenvalue weighted by Crippen LogP contribution is 2.11. The summed E-state index contributed by atoms with van der Waals surface area (Å²) in [5, 5.41) is 57.3. The van der Waals surface area contributed by atoms with E-state index >= 15 is 0 Å². The van der Waals surface area contributed by atoms with Crippen LogP contribution in [0.1, 0.15) is 88.0 Å². The van der Waals surface area contributed by atoms with Gasteiger partial charge in [0.25, 0.3) is 0 Å². The fraction of sp³-hybridized carbons (Fsp3) is 0.718. The molecule has 0 spiro atoms. The number of carbonyl (C=O) groups excluding carboxylic acids is 9. The lowest BCUT2D eigenvalue weighted by Crippen LogP contribution is -2.62. The van der Waals surface area contributed by atoms with Gasteiger partial charge in [0, 0.05) is 19.8 Å². The molecule has 0 rings (SSSR count). The lowest BCUT2D eigenvalue weighted by Gasteiger charge is -2.30. The number of Topliss-reactive ketones (excluding diaryl/α,β-unsaturated/α-hetero) is 1. The van der Waals surface area contributed by atoms with Crippen LogP contribution >= 0.6 is 0 Å². The molecule has 358 valence electrons. The molecule has 14 N–H and O–H groups in total. The molecule has 0 heterocycles. The van der Waals surface area contributed by atoms with E-state index in [0.29, 0.717) is 0 Å². The normalized spacial score (nSPS) is 15.0. The van der Waals surface area contributed by atoms with Crippen LogP contribution < -0.4 is 48.3 Å². The molecule has 24 nitrogen and oxygen atoms in total. The summed E-state index contributed by atoms with van der Waals surface area (Å²) in [4.78, 5) is 140. The number of nitrogens with one attached hydrogen (secondary N) is 8. The summed E-state index contributed by atoms with van der Waals surface area (Å²) in [6.07, 6.45) is -2.06. The predicted octanol–water partition coefficient (Wildman–Crippen LogP) is -4.25. The maximum absolute atomic E-state index is 13.6. The third kappa shape index (κ3) is 20.3. The van der Waals surface area contributed by atoms with Gasteiger partial charge in [-0.05, 0) is 36.5 Å². The number of carbonyl (C=O) groups is 11. The molecule has 63 heavy (non-hydrogen) atoms. The number of aliphatic hydroxyl groups is 2. The number of aliphatic hydroxyl groups excluding tert-OH is 2. The molecular weight excluding hydrogens is 834 g/mol. The predicted molar refractivity (Wildman–Crippen MR) is 222 cm³/mol. The standard InChI is InChI=1S/C39H67N9O15/c1-17(2)29(26(52)14-40)45-33(57)22(10-12-27(53)54)42-38(62)31(19(5)6)48-36(60)25(16-50)44-39(63)32(20(7)8)46-34(58)23(11-13-28(55)56)43-37(61)30(18(3)4)47-35(59)24(15-49)41-21(9)51/h17-20,22-25,29-32,49-50H,10-16,40H2,1-9H3,(H,41,51)(H,42,62)(H,43,61)(H,44,63)(H,45,57)(H,46,58)(H,47,59)(H,48,60)(H,53,54)(H,55,56)/t22-,23-,24-,25-,29-,30-,31-,32-/m0/s1. The van der Waals surface area contributed by atoms with E-state index in [1.807, 2.05) is 0 Å². The molecule has 0 radical (unpaired) electrons.